The number of aromatic nitrogens is 1. The van der Waals surface area contributed by atoms with Gasteiger partial charge in [-0.15, -0.1) is 0 Å². The molecule has 0 saturated carbocycles. The second kappa shape index (κ2) is 4.57. The highest BCUT2D eigenvalue weighted by molar-refractivity contribution is 5.67. The standard InChI is InChI=1S/C16H19N3/c1-11-7-8-13-5-3-4-6-15(13)19(11)16-10-9-14(17)12(2)18-16/h3-6,9-11H,7-8,17H2,1-2H3. The van der Waals surface area contributed by atoms with Crippen LogP contribution in [0, 0.1) is 6.92 Å². The van der Waals surface area contributed by atoms with Crippen LogP contribution < -0.4 is 10.6 Å². The maximum Gasteiger partial charge on any atom is 0.133 e. The van der Waals surface area contributed by atoms with E-state index in [4.69, 9.17) is 5.73 Å². The highest BCUT2D eigenvalue weighted by Gasteiger charge is 2.24. The van der Waals surface area contributed by atoms with Crippen molar-refractivity contribution in [3.8, 4) is 0 Å². The van der Waals surface area contributed by atoms with Gasteiger partial charge in [0.15, 0.2) is 0 Å². The Balaban J connectivity index is 2.10. The molecule has 0 fully saturated rings. The van der Waals surface area contributed by atoms with Gasteiger partial charge >= 0.3 is 0 Å². The van der Waals surface area contributed by atoms with E-state index in [1.54, 1.807) is 0 Å². The molecule has 2 heterocycles. The predicted molar refractivity (Wildman–Crippen MR) is 79.8 cm³/mol. The molecule has 1 aliphatic heterocycles. The summed E-state index contributed by atoms with van der Waals surface area (Å²) in [5, 5.41) is 0. The maximum absolute atomic E-state index is 5.87. The molecule has 0 spiro atoms. The molecule has 98 valence electrons. The molecule has 3 heteroatoms. The van der Waals surface area contributed by atoms with E-state index in [1.807, 2.05) is 19.1 Å². The van der Waals surface area contributed by atoms with Crippen molar-refractivity contribution in [1.82, 2.24) is 4.98 Å². The van der Waals surface area contributed by atoms with Gasteiger partial charge in [0.25, 0.3) is 0 Å². The Hall–Kier alpha value is -2.03. The van der Waals surface area contributed by atoms with Crippen molar-refractivity contribution in [2.45, 2.75) is 32.7 Å². The van der Waals surface area contributed by atoms with Crippen molar-refractivity contribution >= 4 is 17.2 Å². The zero-order valence-electron chi connectivity index (χ0n) is 11.4. The minimum Gasteiger partial charge on any atom is -0.397 e. The first-order chi connectivity index (χ1) is 9.16. The van der Waals surface area contributed by atoms with Crippen LogP contribution in [0.4, 0.5) is 17.2 Å². The fourth-order valence-corrected chi connectivity index (χ4v) is 2.73. The van der Waals surface area contributed by atoms with Crippen LogP contribution >= 0.6 is 0 Å². The van der Waals surface area contributed by atoms with Crippen LogP contribution in [-0.4, -0.2) is 11.0 Å². The summed E-state index contributed by atoms with van der Waals surface area (Å²) in [4.78, 5) is 6.97. The number of rotatable bonds is 1. The van der Waals surface area contributed by atoms with E-state index < -0.39 is 0 Å². The molecule has 2 aromatic rings. The van der Waals surface area contributed by atoms with Gasteiger partial charge in [-0.25, -0.2) is 4.98 Å². The number of nitrogens with two attached hydrogens (primary N) is 1. The fourth-order valence-electron chi connectivity index (χ4n) is 2.73. The number of anilines is 3. The van der Waals surface area contributed by atoms with E-state index in [1.165, 1.54) is 11.3 Å². The highest BCUT2D eigenvalue weighted by atomic mass is 15.2. The van der Waals surface area contributed by atoms with E-state index in [2.05, 4.69) is 41.1 Å². The van der Waals surface area contributed by atoms with Gasteiger partial charge in [-0.3, -0.25) is 0 Å². The first-order valence-electron chi connectivity index (χ1n) is 6.77. The van der Waals surface area contributed by atoms with Crippen LogP contribution in [0.25, 0.3) is 0 Å². The van der Waals surface area contributed by atoms with E-state index in [-0.39, 0.29) is 0 Å². The van der Waals surface area contributed by atoms with Crippen molar-refractivity contribution in [2.24, 2.45) is 0 Å². The number of aryl methyl sites for hydroxylation is 2. The molecule has 1 aliphatic rings. The molecule has 2 N–H and O–H groups in total. The molecule has 1 atom stereocenters. The monoisotopic (exact) mass is 253 g/mol. The van der Waals surface area contributed by atoms with Crippen molar-refractivity contribution in [3.05, 3.63) is 47.7 Å². The van der Waals surface area contributed by atoms with Crippen LogP contribution in [0.1, 0.15) is 24.6 Å². The van der Waals surface area contributed by atoms with E-state index in [0.717, 1.165) is 30.0 Å². The third-order valence-electron chi connectivity index (χ3n) is 3.88. The van der Waals surface area contributed by atoms with Crippen LogP contribution in [0.5, 0.6) is 0 Å². The Bertz CT molecular complexity index is 607. The fraction of sp³-hybridized carbons (Fsp3) is 0.312. The Morgan fingerprint density at radius 2 is 2.00 bits per heavy atom. The van der Waals surface area contributed by atoms with E-state index in [9.17, 15) is 0 Å². The number of fused-ring (bicyclic) bond motifs is 1. The minimum atomic E-state index is 0.463. The summed E-state index contributed by atoms with van der Waals surface area (Å²) in [6, 6.07) is 13.0. The Kier molecular flexibility index (Phi) is 2.90. The number of nitrogen functional groups attached to an aromatic ring is 1. The van der Waals surface area contributed by atoms with Crippen molar-refractivity contribution in [1.29, 1.82) is 0 Å². The molecule has 3 nitrogen and oxygen atoms in total. The Morgan fingerprint density at radius 3 is 2.79 bits per heavy atom. The third kappa shape index (κ3) is 2.05. The van der Waals surface area contributed by atoms with Gasteiger partial charge in [0.05, 0.1) is 11.4 Å². The molecule has 0 amide bonds. The summed E-state index contributed by atoms with van der Waals surface area (Å²) in [6.07, 6.45) is 2.30. The molecule has 0 aliphatic carbocycles. The second-order valence-corrected chi connectivity index (χ2v) is 5.23. The molecule has 0 radical (unpaired) electrons. The van der Waals surface area contributed by atoms with E-state index >= 15 is 0 Å². The molecule has 1 aromatic carbocycles. The second-order valence-electron chi connectivity index (χ2n) is 5.23. The van der Waals surface area contributed by atoms with Gasteiger partial charge in [0.1, 0.15) is 5.82 Å². The largest absolute Gasteiger partial charge is 0.397 e. The number of para-hydroxylation sites is 1. The van der Waals surface area contributed by atoms with Crippen LogP contribution in [-0.2, 0) is 6.42 Å². The smallest absolute Gasteiger partial charge is 0.133 e. The van der Waals surface area contributed by atoms with Gasteiger partial charge in [-0.05, 0) is 50.5 Å². The zero-order valence-corrected chi connectivity index (χ0v) is 11.4. The maximum atomic E-state index is 5.87. The summed E-state index contributed by atoms with van der Waals surface area (Å²) >= 11 is 0. The molecular formula is C16H19N3. The lowest BCUT2D eigenvalue weighted by atomic mass is 9.96. The predicted octanol–water partition coefficient (Wildman–Crippen LogP) is 3.45. The number of pyridine rings is 1. The average molecular weight is 253 g/mol. The van der Waals surface area contributed by atoms with Gasteiger partial charge in [-0.2, -0.15) is 0 Å². The Labute approximate surface area is 114 Å². The topological polar surface area (TPSA) is 42.2 Å². The summed E-state index contributed by atoms with van der Waals surface area (Å²) in [7, 11) is 0. The minimum absolute atomic E-state index is 0.463. The molecular weight excluding hydrogens is 234 g/mol. The third-order valence-corrected chi connectivity index (χ3v) is 3.88. The summed E-state index contributed by atoms with van der Waals surface area (Å²) < 4.78 is 0. The number of benzene rings is 1. The number of nitrogens with zero attached hydrogens (tertiary/aromatic N) is 2. The van der Waals surface area contributed by atoms with Crippen molar-refractivity contribution in [2.75, 3.05) is 10.6 Å². The molecule has 0 saturated heterocycles. The number of hydrogen-bond acceptors (Lipinski definition) is 3. The van der Waals surface area contributed by atoms with Crippen LogP contribution in [0.3, 0.4) is 0 Å². The van der Waals surface area contributed by atoms with Crippen LogP contribution in [0.2, 0.25) is 0 Å². The molecule has 0 bridgehead atoms. The van der Waals surface area contributed by atoms with Gasteiger partial charge in [-0.1, -0.05) is 18.2 Å². The summed E-state index contributed by atoms with van der Waals surface area (Å²) in [5.41, 5.74) is 10.2. The summed E-state index contributed by atoms with van der Waals surface area (Å²) in [5.74, 6) is 0.992. The van der Waals surface area contributed by atoms with Gasteiger partial charge in [0, 0.05) is 11.7 Å². The first-order valence-corrected chi connectivity index (χ1v) is 6.77. The normalized spacial score (nSPS) is 18.2. The SMILES string of the molecule is Cc1nc(N2c3ccccc3CCC2C)ccc1N. The van der Waals surface area contributed by atoms with Gasteiger partial charge < -0.3 is 10.6 Å². The lowest BCUT2D eigenvalue weighted by Crippen LogP contribution is -2.33. The quantitative estimate of drug-likeness (QED) is 0.846. The van der Waals surface area contributed by atoms with E-state index in [0.29, 0.717) is 6.04 Å². The lowest BCUT2D eigenvalue weighted by Gasteiger charge is -2.36. The molecule has 19 heavy (non-hydrogen) atoms. The molecule has 1 unspecified atom stereocenters. The molecule has 3 rings (SSSR count). The van der Waals surface area contributed by atoms with Gasteiger partial charge in [0.2, 0.25) is 0 Å². The van der Waals surface area contributed by atoms with Crippen LogP contribution in [0.15, 0.2) is 36.4 Å². The molecule has 1 aromatic heterocycles. The Morgan fingerprint density at radius 1 is 1.21 bits per heavy atom. The highest BCUT2D eigenvalue weighted by Crippen LogP contribution is 2.36. The lowest BCUT2D eigenvalue weighted by molar-refractivity contribution is 0.613. The zero-order chi connectivity index (χ0) is 13.4. The summed E-state index contributed by atoms with van der Waals surface area (Å²) in [6.45, 7) is 4.21. The average Bonchev–Trinajstić information content (AvgIpc) is 2.42. The van der Waals surface area contributed by atoms with Crippen molar-refractivity contribution in [3.63, 3.8) is 0 Å². The number of hydrogen-bond donors (Lipinski definition) is 1. The van der Waals surface area contributed by atoms with Crippen molar-refractivity contribution < 1.29 is 0 Å². The first kappa shape index (κ1) is 12.0.